The number of nitrogens with zero attached hydrogens (tertiary/aromatic N) is 4. The van der Waals surface area contributed by atoms with E-state index in [9.17, 15) is 13.9 Å². The molecule has 4 aromatic rings. The molecule has 0 saturated carbocycles. The Kier molecular flexibility index (Phi) is 6.15. The fraction of sp³-hybridized carbons (Fsp3) is 0.429. The number of alkyl halides is 1. The number of pyridine rings is 2. The maximum atomic E-state index is 17.0. The zero-order valence-corrected chi connectivity index (χ0v) is 25.0. The molecule has 0 amide bonds. The van der Waals surface area contributed by atoms with Gasteiger partial charge in [-0.2, -0.15) is 0 Å². The number of halogens is 3. The van der Waals surface area contributed by atoms with E-state index in [0.717, 1.165) is 37.9 Å². The largest absolute Gasteiger partial charge is 0.508 e. The van der Waals surface area contributed by atoms with Crippen molar-refractivity contribution >= 4 is 27.4 Å². The molecule has 236 valence electrons. The van der Waals surface area contributed by atoms with Gasteiger partial charge in [-0.25, -0.2) is 23.1 Å². The van der Waals surface area contributed by atoms with Crippen molar-refractivity contribution in [2.24, 2.45) is 0 Å². The summed E-state index contributed by atoms with van der Waals surface area (Å²) in [7, 11) is 0. The number of aromatic nitrogens is 2. The lowest BCUT2D eigenvalue weighted by molar-refractivity contribution is 0.111. The number of anilines is 1. The number of fused-ring (bicyclic) bond motifs is 7. The summed E-state index contributed by atoms with van der Waals surface area (Å²) in [6.45, 7) is 2.48. The van der Waals surface area contributed by atoms with Gasteiger partial charge in [-0.15, -0.1) is 6.42 Å². The van der Waals surface area contributed by atoms with Crippen molar-refractivity contribution in [1.82, 2.24) is 20.2 Å². The minimum absolute atomic E-state index is 0.00949. The van der Waals surface area contributed by atoms with Gasteiger partial charge >= 0.3 is 0 Å². The molecule has 11 heteroatoms. The van der Waals surface area contributed by atoms with Crippen LogP contribution in [0.4, 0.5) is 18.9 Å². The molecule has 4 saturated heterocycles. The smallest absolute Gasteiger partial charge is 0.225 e. The van der Waals surface area contributed by atoms with Gasteiger partial charge in [0.1, 0.15) is 42.2 Å². The van der Waals surface area contributed by atoms with E-state index in [0.29, 0.717) is 36.9 Å². The minimum Gasteiger partial charge on any atom is -0.508 e. The van der Waals surface area contributed by atoms with Gasteiger partial charge in [0, 0.05) is 48.6 Å². The summed E-state index contributed by atoms with van der Waals surface area (Å²) in [6, 6.07) is 7.76. The summed E-state index contributed by atoms with van der Waals surface area (Å²) in [6.07, 6.45) is 9.05. The molecule has 0 unspecified atom stereocenters. The molecule has 0 radical (unpaired) electrons. The minimum atomic E-state index is -0.907. The Morgan fingerprint density at radius 1 is 1.15 bits per heavy atom. The average molecular weight is 628 g/mol. The van der Waals surface area contributed by atoms with E-state index in [2.05, 4.69) is 21.0 Å². The number of aromatic hydroxyl groups is 1. The lowest BCUT2D eigenvalue weighted by Crippen LogP contribution is -2.59. The van der Waals surface area contributed by atoms with Crippen LogP contribution >= 0.6 is 0 Å². The first-order valence-corrected chi connectivity index (χ1v) is 16.0. The van der Waals surface area contributed by atoms with E-state index >= 15 is 4.39 Å². The third-order valence-electron chi connectivity index (χ3n) is 10.8. The van der Waals surface area contributed by atoms with Crippen molar-refractivity contribution in [3.63, 3.8) is 0 Å². The maximum absolute atomic E-state index is 17.0. The van der Waals surface area contributed by atoms with Crippen molar-refractivity contribution in [3.05, 3.63) is 47.5 Å². The Morgan fingerprint density at radius 3 is 2.91 bits per heavy atom. The highest BCUT2D eigenvalue weighted by Gasteiger charge is 2.49. The van der Waals surface area contributed by atoms with Gasteiger partial charge in [-0.05, 0) is 55.8 Å². The van der Waals surface area contributed by atoms with Crippen LogP contribution in [-0.4, -0.2) is 82.7 Å². The van der Waals surface area contributed by atoms with E-state index in [-0.39, 0.29) is 70.0 Å². The molecule has 46 heavy (non-hydrogen) atoms. The van der Waals surface area contributed by atoms with Gasteiger partial charge < -0.3 is 24.8 Å². The second-order valence-electron chi connectivity index (χ2n) is 13.4. The number of phenols is 1. The lowest BCUT2D eigenvalue weighted by Gasteiger charge is -2.41. The normalized spacial score (nSPS) is 28.2. The lowest BCUT2D eigenvalue weighted by atomic mass is 9.95. The Hall–Kier alpha value is -4.27. The fourth-order valence-corrected chi connectivity index (χ4v) is 8.73. The maximum Gasteiger partial charge on any atom is 0.225 e. The zero-order valence-electron chi connectivity index (χ0n) is 25.0. The van der Waals surface area contributed by atoms with E-state index < -0.39 is 23.3 Å². The highest BCUT2D eigenvalue weighted by Crippen LogP contribution is 2.46. The second kappa shape index (κ2) is 10.1. The van der Waals surface area contributed by atoms with Gasteiger partial charge in [-0.1, -0.05) is 12.0 Å². The van der Waals surface area contributed by atoms with Crippen LogP contribution in [0, 0.1) is 24.0 Å². The van der Waals surface area contributed by atoms with Crippen LogP contribution in [0.15, 0.2) is 30.3 Å². The van der Waals surface area contributed by atoms with E-state index in [1.165, 1.54) is 24.3 Å². The Labute approximate surface area is 263 Å². The molecular weight excluding hydrogens is 595 g/mol. The van der Waals surface area contributed by atoms with Gasteiger partial charge in [-0.3, -0.25) is 4.90 Å². The van der Waals surface area contributed by atoms with Crippen LogP contribution in [0.2, 0.25) is 0 Å². The van der Waals surface area contributed by atoms with Gasteiger partial charge in [0.05, 0.1) is 28.2 Å². The molecule has 5 aliphatic rings. The second-order valence-corrected chi connectivity index (χ2v) is 13.4. The number of ether oxygens (including phenoxy) is 2. The zero-order chi connectivity index (χ0) is 31.3. The van der Waals surface area contributed by atoms with Crippen LogP contribution in [-0.2, 0) is 0 Å². The van der Waals surface area contributed by atoms with Gasteiger partial charge in [0.2, 0.25) is 11.8 Å². The summed E-state index contributed by atoms with van der Waals surface area (Å²) in [5, 5.41) is 15.4. The standard InChI is InChI=1S/C35H32F3N5O3/c1-2-22-24(37)6-4-18-10-21(44)11-23(29(18)22)32-31(38)33-30-26(43-15-20-5-7-25(39-20)27(43)16-45-34(30)41-32)12-28(40-33)46-17-35-8-3-9-42(35)14-19(36)13-35/h1,4,6,10-12,19-20,25,27,39,44H,3,5,7-9,13-17H2/t19-,20-,25+,27-,35+/m1/s1. The number of phenolic OH excluding ortho intramolecular Hbond substituents is 1. The van der Waals surface area contributed by atoms with Gasteiger partial charge in [0.25, 0.3) is 0 Å². The quantitative estimate of drug-likeness (QED) is 0.304. The van der Waals surface area contributed by atoms with Crippen LogP contribution < -0.4 is 19.7 Å². The molecule has 0 spiro atoms. The van der Waals surface area contributed by atoms with Crippen molar-refractivity contribution in [2.75, 3.05) is 37.7 Å². The van der Waals surface area contributed by atoms with Crippen molar-refractivity contribution in [2.45, 2.75) is 61.9 Å². The molecule has 4 fully saturated rings. The number of rotatable bonds is 4. The summed E-state index contributed by atoms with van der Waals surface area (Å²) in [5.41, 5.74) is 0.198. The third-order valence-corrected chi connectivity index (χ3v) is 10.8. The SMILES string of the molecule is C#Cc1c(F)ccc2cc(O)cc(-c3nc4c5c(cc(OC[C@@]67CCCN6C[C@H](F)C7)nc5c3F)N3C[C@H]5CC[C@H](N5)[C@H]3CO4)c12. The summed E-state index contributed by atoms with van der Waals surface area (Å²) in [5.74, 6) is 1.25. The van der Waals surface area contributed by atoms with Crippen LogP contribution in [0.1, 0.15) is 37.7 Å². The first-order chi connectivity index (χ1) is 22.3. The number of hydrogen-bond donors (Lipinski definition) is 2. The predicted molar refractivity (Wildman–Crippen MR) is 167 cm³/mol. The number of benzene rings is 2. The van der Waals surface area contributed by atoms with Crippen LogP contribution in [0.25, 0.3) is 32.9 Å². The topological polar surface area (TPSA) is 83.0 Å². The number of terminal acetylenes is 1. The summed E-state index contributed by atoms with van der Waals surface area (Å²) < 4.78 is 59.3. The molecule has 5 atom stereocenters. The average Bonchev–Trinajstić information content (AvgIpc) is 3.68. The molecule has 8 nitrogen and oxygen atoms in total. The van der Waals surface area contributed by atoms with Crippen molar-refractivity contribution in [1.29, 1.82) is 0 Å². The molecule has 0 aliphatic carbocycles. The Bertz CT molecular complexity index is 1980. The molecular formula is C35H32F3N5O3. The third kappa shape index (κ3) is 4.09. The number of nitrogens with one attached hydrogen (secondary N) is 1. The fourth-order valence-electron chi connectivity index (χ4n) is 8.73. The monoisotopic (exact) mass is 627 g/mol. The first-order valence-electron chi connectivity index (χ1n) is 16.0. The van der Waals surface area contributed by atoms with Gasteiger partial charge in [0.15, 0.2) is 5.82 Å². The number of piperazine rings is 1. The molecule has 9 rings (SSSR count). The first kappa shape index (κ1) is 28.0. The van der Waals surface area contributed by atoms with E-state index in [4.69, 9.17) is 25.9 Å². The van der Waals surface area contributed by atoms with Crippen molar-refractivity contribution in [3.8, 4) is 41.1 Å². The molecule has 2 N–H and O–H groups in total. The Balaban J connectivity index is 1.25. The van der Waals surface area contributed by atoms with Crippen LogP contribution in [0.5, 0.6) is 17.5 Å². The number of hydrogen-bond acceptors (Lipinski definition) is 8. The molecule has 5 aliphatic heterocycles. The molecule has 2 aromatic heterocycles. The molecule has 2 bridgehead atoms. The highest BCUT2D eigenvalue weighted by molar-refractivity contribution is 6.04. The van der Waals surface area contributed by atoms with E-state index in [1.807, 2.05) is 6.07 Å². The summed E-state index contributed by atoms with van der Waals surface area (Å²) >= 11 is 0. The van der Waals surface area contributed by atoms with Crippen LogP contribution in [0.3, 0.4) is 0 Å². The highest BCUT2D eigenvalue weighted by atomic mass is 19.1. The molecule has 7 heterocycles. The van der Waals surface area contributed by atoms with E-state index in [1.54, 1.807) is 0 Å². The van der Waals surface area contributed by atoms with Crippen molar-refractivity contribution < 1.29 is 27.8 Å². The predicted octanol–water partition coefficient (Wildman–Crippen LogP) is 5.07. The summed E-state index contributed by atoms with van der Waals surface area (Å²) in [4.78, 5) is 13.8. The molecule has 2 aromatic carbocycles. The Morgan fingerprint density at radius 2 is 2.04 bits per heavy atom.